The number of carbonyl (C=O) groups is 1. The van der Waals surface area contributed by atoms with Crippen LogP contribution in [0, 0.1) is 0 Å². The molecule has 0 aliphatic rings. The quantitative estimate of drug-likeness (QED) is 0.299. The van der Waals surface area contributed by atoms with Crippen molar-refractivity contribution in [2.75, 3.05) is 6.61 Å². The van der Waals surface area contributed by atoms with Crippen molar-refractivity contribution in [1.29, 1.82) is 0 Å². The molecular weight excluding hydrogens is 283 g/mol. The predicted octanol–water partition coefficient (Wildman–Crippen LogP) is -1.74. The Bertz CT molecular complexity index is 540. The van der Waals surface area contributed by atoms with E-state index < -0.39 is 26.7 Å². The molecule has 0 spiro atoms. The maximum absolute atomic E-state index is 11.5. The minimum absolute atomic E-state index is 0. The van der Waals surface area contributed by atoms with Crippen LogP contribution in [0.4, 0.5) is 0 Å². The van der Waals surface area contributed by atoms with E-state index in [4.69, 9.17) is 4.74 Å². The molecule has 8 heteroatoms. The average molecular weight is 296 g/mol. The fourth-order valence-corrected chi connectivity index (χ4v) is 1.80. The summed E-state index contributed by atoms with van der Waals surface area (Å²) < 4.78 is 37.0. The van der Waals surface area contributed by atoms with Crippen LogP contribution >= 0.6 is 0 Å². The summed E-state index contributed by atoms with van der Waals surface area (Å²) >= 11 is 0. The van der Waals surface area contributed by atoms with E-state index in [1.54, 1.807) is 0 Å². The van der Waals surface area contributed by atoms with Gasteiger partial charge in [-0.05, 0) is 24.6 Å². The summed E-state index contributed by atoms with van der Waals surface area (Å²) in [6, 6.07) is 2.91. The van der Waals surface area contributed by atoms with Crippen molar-refractivity contribution in [2.24, 2.45) is 0 Å². The number of unbranched alkanes of at least 4 members (excludes halogenated alkanes) is 1. The molecule has 0 atom stereocenters. The van der Waals surface area contributed by atoms with Crippen LogP contribution in [-0.4, -0.2) is 30.7 Å². The molecule has 1 rings (SSSR count). The largest absolute Gasteiger partial charge is 1.00 e. The molecule has 0 aromatic heterocycles. The third-order valence-electron chi connectivity index (χ3n) is 2.20. The van der Waals surface area contributed by atoms with Crippen molar-refractivity contribution >= 4 is 16.1 Å². The monoisotopic (exact) mass is 296 g/mol. The molecule has 6 nitrogen and oxygen atoms in total. The summed E-state index contributed by atoms with van der Waals surface area (Å²) in [5, 5.41) is 9.36. The van der Waals surface area contributed by atoms with Gasteiger partial charge in [0, 0.05) is 0 Å². The maximum atomic E-state index is 11.5. The van der Waals surface area contributed by atoms with E-state index in [-0.39, 0.29) is 41.7 Å². The molecule has 0 bridgehead atoms. The van der Waals surface area contributed by atoms with Gasteiger partial charge in [-0.1, -0.05) is 13.3 Å². The second-order valence-electron chi connectivity index (χ2n) is 3.63. The maximum Gasteiger partial charge on any atom is 1.00 e. The molecule has 0 aliphatic heterocycles. The number of rotatable bonds is 5. The van der Waals surface area contributed by atoms with Gasteiger partial charge in [0.05, 0.1) is 17.1 Å². The summed E-state index contributed by atoms with van der Waals surface area (Å²) in [5.41, 5.74) is -0.00370. The van der Waals surface area contributed by atoms with Crippen LogP contribution in [0.3, 0.4) is 0 Å². The molecule has 0 heterocycles. The first-order chi connectivity index (χ1) is 8.36. The Labute approximate surface area is 133 Å². The molecule has 100 valence electrons. The van der Waals surface area contributed by atoms with Crippen LogP contribution < -0.4 is 29.6 Å². The smallest absolute Gasteiger partial charge is 0.744 e. The summed E-state index contributed by atoms with van der Waals surface area (Å²) in [4.78, 5) is 10.7. The second kappa shape index (κ2) is 7.86. The van der Waals surface area contributed by atoms with E-state index in [2.05, 4.69) is 0 Å². The first kappa shape index (κ1) is 18.4. The van der Waals surface area contributed by atoms with Crippen LogP contribution in [0.5, 0.6) is 5.75 Å². The standard InChI is InChI=1S/C11H14O6S.Na/c1-2-3-6-17-11(13)8-4-5-10(9(12)7-8)18(14,15)16;/h4-5,7,12H,2-3,6H2,1H3,(H,14,15,16);/q;+1/p-1. The molecule has 0 fully saturated rings. The van der Waals surface area contributed by atoms with Gasteiger partial charge in [-0.25, -0.2) is 13.2 Å². The van der Waals surface area contributed by atoms with E-state index in [1.807, 2.05) is 6.92 Å². The topological polar surface area (TPSA) is 104 Å². The molecule has 0 unspecified atom stereocenters. The van der Waals surface area contributed by atoms with Crippen LogP contribution in [0.2, 0.25) is 0 Å². The van der Waals surface area contributed by atoms with Crippen molar-refractivity contribution in [1.82, 2.24) is 0 Å². The summed E-state index contributed by atoms with van der Waals surface area (Å²) in [7, 11) is -4.75. The van der Waals surface area contributed by atoms with E-state index in [0.29, 0.717) is 6.42 Å². The van der Waals surface area contributed by atoms with Crippen molar-refractivity contribution in [3.63, 3.8) is 0 Å². The predicted molar refractivity (Wildman–Crippen MR) is 61.3 cm³/mol. The van der Waals surface area contributed by atoms with Crippen LogP contribution in [0.15, 0.2) is 23.1 Å². The van der Waals surface area contributed by atoms with Gasteiger partial charge in [-0.3, -0.25) is 0 Å². The Balaban J connectivity index is 0.00000324. The zero-order valence-corrected chi connectivity index (χ0v) is 13.6. The van der Waals surface area contributed by atoms with Crippen molar-refractivity contribution < 1.29 is 57.2 Å². The SMILES string of the molecule is CCCCOC(=O)c1ccc(S(=O)(=O)[O-])c(O)c1.[Na+]. The minimum atomic E-state index is -4.75. The third-order valence-corrected chi connectivity index (χ3v) is 3.08. The number of ether oxygens (including phenoxy) is 1. The second-order valence-corrected chi connectivity index (χ2v) is 4.97. The van der Waals surface area contributed by atoms with Gasteiger partial charge in [0.25, 0.3) is 0 Å². The van der Waals surface area contributed by atoms with E-state index in [1.165, 1.54) is 0 Å². The van der Waals surface area contributed by atoms with Gasteiger partial charge in [-0.15, -0.1) is 0 Å². The fourth-order valence-electron chi connectivity index (χ4n) is 1.25. The van der Waals surface area contributed by atoms with Gasteiger partial charge in [-0.2, -0.15) is 0 Å². The zero-order valence-electron chi connectivity index (χ0n) is 10.8. The summed E-state index contributed by atoms with van der Waals surface area (Å²) in [5.74, 6) is -1.43. The Kier molecular flexibility index (Phi) is 7.61. The summed E-state index contributed by atoms with van der Waals surface area (Å²) in [6.07, 6.45) is 1.58. The Morgan fingerprint density at radius 1 is 1.42 bits per heavy atom. The molecule has 0 aliphatic carbocycles. The van der Waals surface area contributed by atoms with E-state index in [9.17, 15) is 22.9 Å². The van der Waals surface area contributed by atoms with Crippen LogP contribution in [-0.2, 0) is 14.9 Å². The van der Waals surface area contributed by atoms with Crippen LogP contribution in [0.1, 0.15) is 30.1 Å². The minimum Gasteiger partial charge on any atom is -0.744 e. The molecule has 0 radical (unpaired) electrons. The molecule has 1 aromatic carbocycles. The number of esters is 1. The molecule has 0 amide bonds. The molecule has 0 saturated heterocycles. The Morgan fingerprint density at radius 3 is 2.53 bits per heavy atom. The number of aromatic hydroxyl groups is 1. The van der Waals surface area contributed by atoms with Crippen LogP contribution in [0.25, 0.3) is 0 Å². The molecule has 0 saturated carbocycles. The summed E-state index contributed by atoms with van der Waals surface area (Å²) in [6.45, 7) is 2.19. The van der Waals surface area contributed by atoms with Crippen molar-refractivity contribution in [3.05, 3.63) is 23.8 Å². The van der Waals surface area contributed by atoms with E-state index in [0.717, 1.165) is 24.6 Å². The van der Waals surface area contributed by atoms with Crippen molar-refractivity contribution in [2.45, 2.75) is 24.7 Å². The molecule has 1 N–H and O–H groups in total. The van der Waals surface area contributed by atoms with Gasteiger partial charge in [0.1, 0.15) is 15.9 Å². The number of phenols is 1. The first-order valence-electron chi connectivity index (χ1n) is 5.32. The molecule has 19 heavy (non-hydrogen) atoms. The fraction of sp³-hybridized carbons (Fsp3) is 0.364. The average Bonchev–Trinajstić information content (AvgIpc) is 2.27. The van der Waals surface area contributed by atoms with Gasteiger partial charge in [0.15, 0.2) is 0 Å². The molecule has 1 aromatic rings. The van der Waals surface area contributed by atoms with Gasteiger partial charge >= 0.3 is 35.5 Å². The Hall–Kier alpha value is -0.600. The van der Waals surface area contributed by atoms with Crippen molar-refractivity contribution in [3.8, 4) is 5.75 Å². The zero-order chi connectivity index (χ0) is 13.8. The van der Waals surface area contributed by atoms with E-state index >= 15 is 0 Å². The third kappa shape index (κ3) is 5.50. The number of carbonyl (C=O) groups excluding carboxylic acids is 1. The Morgan fingerprint density at radius 2 is 2.05 bits per heavy atom. The number of hydrogen-bond donors (Lipinski definition) is 1. The molecular formula is C11H13NaO6S. The van der Waals surface area contributed by atoms with Gasteiger partial charge < -0.3 is 14.4 Å². The number of benzene rings is 1. The first-order valence-corrected chi connectivity index (χ1v) is 6.73. The normalized spacial score (nSPS) is 10.6. The van der Waals surface area contributed by atoms with Gasteiger partial charge in [0.2, 0.25) is 0 Å². The number of phenolic OH excluding ortho intramolecular Hbond substituents is 1. The number of hydrogen-bond acceptors (Lipinski definition) is 6.